The summed E-state index contributed by atoms with van der Waals surface area (Å²) in [5.41, 5.74) is 0.726. The molecule has 0 aliphatic heterocycles. The zero-order valence-electron chi connectivity index (χ0n) is 12.2. The van der Waals surface area contributed by atoms with Crippen molar-refractivity contribution in [1.82, 2.24) is 0 Å². The molecule has 1 fully saturated rings. The topological polar surface area (TPSA) is 72.5 Å². The van der Waals surface area contributed by atoms with Crippen LogP contribution in [0.2, 0.25) is 0 Å². The molecule has 0 atom stereocenters. The Morgan fingerprint density at radius 1 is 1.29 bits per heavy atom. The van der Waals surface area contributed by atoms with Crippen LogP contribution in [-0.2, 0) is 14.8 Å². The van der Waals surface area contributed by atoms with Crippen molar-refractivity contribution < 1.29 is 17.9 Å². The van der Waals surface area contributed by atoms with E-state index < -0.39 is 16.0 Å². The fourth-order valence-corrected chi connectivity index (χ4v) is 4.24. The molecule has 0 unspecified atom stereocenters. The molecule has 2 rings (SSSR count). The van der Waals surface area contributed by atoms with Crippen LogP contribution in [0.3, 0.4) is 0 Å². The van der Waals surface area contributed by atoms with Gasteiger partial charge in [-0.2, -0.15) is 0 Å². The van der Waals surface area contributed by atoms with Crippen molar-refractivity contribution >= 4 is 21.7 Å². The van der Waals surface area contributed by atoms with Gasteiger partial charge in [-0.25, -0.2) is 13.2 Å². The monoisotopic (exact) mass is 311 g/mol. The molecule has 0 aromatic heterocycles. The van der Waals surface area contributed by atoms with Crippen molar-refractivity contribution in [2.24, 2.45) is 5.92 Å². The second kappa shape index (κ2) is 6.93. The number of carbonyl (C=O) groups excluding carboxylic acids is 1. The van der Waals surface area contributed by atoms with E-state index in [2.05, 4.69) is 9.46 Å². The van der Waals surface area contributed by atoms with Crippen LogP contribution in [0.4, 0.5) is 5.69 Å². The molecule has 0 heterocycles. The predicted molar refractivity (Wildman–Crippen MR) is 81.8 cm³/mol. The number of hydrogen-bond acceptors (Lipinski definition) is 4. The van der Waals surface area contributed by atoms with Crippen LogP contribution in [0, 0.1) is 5.92 Å². The molecule has 1 aromatic carbocycles. The highest BCUT2D eigenvalue weighted by Gasteiger charge is 2.21. The molecule has 1 aromatic rings. The van der Waals surface area contributed by atoms with Crippen molar-refractivity contribution in [2.75, 3.05) is 17.6 Å². The second-order valence-corrected chi connectivity index (χ2v) is 7.23. The summed E-state index contributed by atoms with van der Waals surface area (Å²) in [4.78, 5) is 11.4. The normalized spacial score (nSPS) is 16.4. The van der Waals surface area contributed by atoms with Gasteiger partial charge in [-0.05, 0) is 37.0 Å². The third-order valence-electron chi connectivity index (χ3n) is 3.74. The average Bonchev–Trinajstić information content (AvgIpc) is 2.46. The second-order valence-electron chi connectivity index (χ2n) is 5.46. The zero-order valence-corrected chi connectivity index (χ0v) is 13.0. The number of carbonyl (C=O) groups is 1. The molecule has 0 amide bonds. The molecule has 5 nitrogen and oxygen atoms in total. The van der Waals surface area contributed by atoms with Crippen molar-refractivity contribution in [2.45, 2.75) is 32.1 Å². The third kappa shape index (κ3) is 4.74. The van der Waals surface area contributed by atoms with Crippen LogP contribution in [0.1, 0.15) is 42.5 Å². The number of methoxy groups -OCH3 is 1. The van der Waals surface area contributed by atoms with Crippen LogP contribution < -0.4 is 4.72 Å². The Hall–Kier alpha value is -1.56. The molecular formula is C15H21NO4S. The summed E-state index contributed by atoms with van der Waals surface area (Å²) in [5, 5.41) is 0. The fourth-order valence-electron chi connectivity index (χ4n) is 2.71. The molecule has 0 spiro atoms. The van der Waals surface area contributed by atoms with E-state index in [1.807, 2.05) is 0 Å². The summed E-state index contributed by atoms with van der Waals surface area (Å²) < 4.78 is 31.6. The molecular weight excluding hydrogens is 290 g/mol. The lowest BCUT2D eigenvalue weighted by Crippen LogP contribution is -2.24. The van der Waals surface area contributed by atoms with Crippen LogP contribution in [0.5, 0.6) is 0 Å². The molecule has 21 heavy (non-hydrogen) atoms. The molecule has 0 bridgehead atoms. The van der Waals surface area contributed by atoms with Gasteiger partial charge in [-0.15, -0.1) is 0 Å². The van der Waals surface area contributed by atoms with Crippen molar-refractivity contribution in [1.29, 1.82) is 0 Å². The number of benzene rings is 1. The minimum absolute atomic E-state index is 0.148. The molecule has 116 valence electrons. The molecule has 0 saturated heterocycles. The molecule has 6 heteroatoms. The van der Waals surface area contributed by atoms with Crippen molar-refractivity contribution in [3.05, 3.63) is 29.8 Å². The van der Waals surface area contributed by atoms with Gasteiger partial charge in [0.1, 0.15) is 0 Å². The van der Waals surface area contributed by atoms with E-state index in [4.69, 9.17) is 0 Å². The van der Waals surface area contributed by atoms with Gasteiger partial charge >= 0.3 is 5.97 Å². The lowest BCUT2D eigenvalue weighted by atomic mass is 9.91. The number of anilines is 1. The highest BCUT2D eigenvalue weighted by molar-refractivity contribution is 7.92. The quantitative estimate of drug-likeness (QED) is 0.849. The van der Waals surface area contributed by atoms with Crippen molar-refractivity contribution in [3.63, 3.8) is 0 Å². The maximum atomic E-state index is 12.2. The van der Waals surface area contributed by atoms with Crippen LogP contribution in [-0.4, -0.2) is 27.2 Å². The van der Waals surface area contributed by atoms with Gasteiger partial charge in [-0.3, -0.25) is 4.72 Å². The van der Waals surface area contributed by atoms with Gasteiger partial charge in [0.25, 0.3) is 0 Å². The van der Waals surface area contributed by atoms with Gasteiger partial charge in [0.05, 0.1) is 18.4 Å². The van der Waals surface area contributed by atoms with Crippen LogP contribution in [0.15, 0.2) is 24.3 Å². The Morgan fingerprint density at radius 3 is 2.67 bits per heavy atom. The van der Waals surface area contributed by atoms with Gasteiger partial charge in [-0.1, -0.05) is 25.3 Å². The zero-order chi connectivity index (χ0) is 15.3. The highest BCUT2D eigenvalue weighted by Crippen LogP contribution is 2.25. The Kier molecular flexibility index (Phi) is 5.22. The number of esters is 1. The molecule has 1 saturated carbocycles. The summed E-state index contributed by atoms with van der Waals surface area (Å²) in [7, 11) is -2.09. The van der Waals surface area contributed by atoms with Gasteiger partial charge < -0.3 is 4.74 Å². The first-order chi connectivity index (χ1) is 10.00. The van der Waals surface area contributed by atoms with Gasteiger partial charge in [0, 0.05) is 5.69 Å². The fraction of sp³-hybridized carbons (Fsp3) is 0.533. The highest BCUT2D eigenvalue weighted by atomic mass is 32.2. The maximum Gasteiger partial charge on any atom is 0.337 e. The van der Waals surface area contributed by atoms with Crippen LogP contribution >= 0.6 is 0 Å². The minimum atomic E-state index is -3.39. The molecule has 1 N–H and O–H groups in total. The molecule has 0 radical (unpaired) electrons. The maximum absolute atomic E-state index is 12.2. The van der Waals surface area contributed by atoms with E-state index in [9.17, 15) is 13.2 Å². The van der Waals surface area contributed by atoms with E-state index >= 15 is 0 Å². The number of rotatable bonds is 5. The summed E-state index contributed by atoms with van der Waals surface area (Å²) >= 11 is 0. The Labute approximate surface area is 125 Å². The lowest BCUT2D eigenvalue weighted by Gasteiger charge is -2.21. The van der Waals surface area contributed by atoms with E-state index in [0.29, 0.717) is 11.3 Å². The average molecular weight is 311 g/mol. The van der Waals surface area contributed by atoms with E-state index in [1.165, 1.54) is 19.6 Å². The number of sulfonamides is 1. The third-order valence-corrected chi connectivity index (χ3v) is 5.19. The van der Waals surface area contributed by atoms with E-state index in [1.54, 1.807) is 18.2 Å². The summed E-state index contributed by atoms with van der Waals surface area (Å²) in [6.45, 7) is 0. The van der Waals surface area contributed by atoms with Crippen LogP contribution in [0.25, 0.3) is 0 Å². The Balaban J connectivity index is 2.03. The first-order valence-corrected chi connectivity index (χ1v) is 8.84. The summed E-state index contributed by atoms with van der Waals surface area (Å²) in [5.74, 6) is -0.0986. The number of ether oxygens (including phenoxy) is 1. The van der Waals surface area contributed by atoms with E-state index in [-0.39, 0.29) is 11.7 Å². The lowest BCUT2D eigenvalue weighted by molar-refractivity contribution is 0.0601. The van der Waals surface area contributed by atoms with Crippen molar-refractivity contribution in [3.8, 4) is 0 Å². The smallest absolute Gasteiger partial charge is 0.337 e. The summed E-state index contributed by atoms with van der Waals surface area (Å²) in [6.07, 6.45) is 5.37. The summed E-state index contributed by atoms with van der Waals surface area (Å²) in [6, 6.07) is 6.34. The predicted octanol–water partition coefficient (Wildman–Crippen LogP) is 2.80. The SMILES string of the molecule is COC(=O)c1cccc(NS(=O)(=O)CC2CCCCC2)c1. The number of nitrogens with one attached hydrogen (secondary N) is 1. The standard InChI is InChI=1S/C15H21NO4S/c1-20-15(17)13-8-5-9-14(10-13)16-21(18,19)11-12-6-3-2-4-7-12/h5,8-10,12,16H,2-4,6-7,11H2,1H3. The van der Waals surface area contributed by atoms with Gasteiger partial charge in [0.2, 0.25) is 10.0 Å². The first kappa shape index (κ1) is 15.8. The minimum Gasteiger partial charge on any atom is -0.465 e. The number of hydrogen-bond donors (Lipinski definition) is 1. The first-order valence-electron chi connectivity index (χ1n) is 7.19. The molecule has 1 aliphatic carbocycles. The Bertz CT molecular complexity index is 591. The van der Waals surface area contributed by atoms with Gasteiger partial charge in [0.15, 0.2) is 0 Å². The largest absolute Gasteiger partial charge is 0.465 e. The Morgan fingerprint density at radius 2 is 2.00 bits per heavy atom. The molecule has 1 aliphatic rings. The van der Waals surface area contributed by atoms with E-state index in [0.717, 1.165) is 25.7 Å².